The fourth-order valence-corrected chi connectivity index (χ4v) is 3.71. The number of H-pyrrole nitrogens is 1. The number of halogens is 3. The SMILES string of the molecule is FC(F)(F)c1nc(Nc2cc(-c3ccccn3)[nH]n2)cc(N2CCN(C3COC3)CC2)n1. The van der Waals surface area contributed by atoms with Crippen molar-refractivity contribution in [1.82, 2.24) is 30.0 Å². The lowest BCUT2D eigenvalue weighted by Crippen LogP contribution is -2.56. The molecule has 0 spiro atoms. The summed E-state index contributed by atoms with van der Waals surface area (Å²) in [5.74, 6) is -0.595. The molecule has 0 amide bonds. The molecular weight excluding hydrogens is 425 g/mol. The molecule has 3 aromatic heterocycles. The molecule has 2 aliphatic heterocycles. The van der Waals surface area contributed by atoms with E-state index in [2.05, 4.69) is 35.4 Å². The van der Waals surface area contributed by atoms with E-state index in [0.717, 1.165) is 13.1 Å². The van der Waals surface area contributed by atoms with Gasteiger partial charge in [0.2, 0.25) is 5.82 Å². The van der Waals surface area contributed by atoms with Gasteiger partial charge in [-0.05, 0) is 12.1 Å². The highest BCUT2D eigenvalue weighted by molar-refractivity contribution is 5.63. The summed E-state index contributed by atoms with van der Waals surface area (Å²) in [6, 6.07) is 9.01. The number of hydrogen-bond acceptors (Lipinski definition) is 8. The van der Waals surface area contributed by atoms with Crippen molar-refractivity contribution in [3.8, 4) is 11.4 Å². The molecule has 2 saturated heterocycles. The van der Waals surface area contributed by atoms with Crippen LogP contribution in [-0.4, -0.2) is 75.5 Å². The van der Waals surface area contributed by atoms with Crippen molar-refractivity contribution in [3.63, 3.8) is 0 Å². The van der Waals surface area contributed by atoms with E-state index in [9.17, 15) is 13.2 Å². The van der Waals surface area contributed by atoms with Gasteiger partial charge >= 0.3 is 6.18 Å². The number of aromatic amines is 1. The smallest absolute Gasteiger partial charge is 0.378 e. The Hall–Kier alpha value is -3.25. The molecule has 0 aliphatic carbocycles. The van der Waals surface area contributed by atoms with Crippen LogP contribution in [-0.2, 0) is 10.9 Å². The van der Waals surface area contributed by atoms with Crippen molar-refractivity contribution in [2.24, 2.45) is 0 Å². The number of aromatic nitrogens is 5. The number of alkyl halides is 3. The molecule has 2 aliphatic rings. The fourth-order valence-electron chi connectivity index (χ4n) is 3.71. The minimum Gasteiger partial charge on any atom is -0.378 e. The van der Waals surface area contributed by atoms with Crippen molar-refractivity contribution in [2.75, 3.05) is 49.6 Å². The predicted molar refractivity (Wildman–Crippen MR) is 111 cm³/mol. The molecular formula is C20H21F3N8O. The lowest BCUT2D eigenvalue weighted by molar-refractivity contribution is -0.144. The molecule has 0 atom stereocenters. The first-order chi connectivity index (χ1) is 15.5. The van der Waals surface area contributed by atoms with Gasteiger partial charge in [-0.25, -0.2) is 9.97 Å². The first-order valence-electron chi connectivity index (χ1n) is 10.2. The Balaban J connectivity index is 1.36. The highest BCUT2D eigenvalue weighted by Gasteiger charge is 2.36. The zero-order valence-corrected chi connectivity index (χ0v) is 17.0. The van der Waals surface area contributed by atoms with Crippen molar-refractivity contribution in [2.45, 2.75) is 12.2 Å². The molecule has 0 bridgehead atoms. The molecule has 0 saturated carbocycles. The Morgan fingerprint density at radius 3 is 2.50 bits per heavy atom. The number of piperazine rings is 1. The average Bonchev–Trinajstić information content (AvgIpc) is 3.21. The van der Waals surface area contributed by atoms with Crippen LogP contribution in [0.15, 0.2) is 36.5 Å². The molecule has 12 heteroatoms. The van der Waals surface area contributed by atoms with Gasteiger partial charge < -0.3 is 15.0 Å². The summed E-state index contributed by atoms with van der Waals surface area (Å²) in [7, 11) is 0. The van der Waals surface area contributed by atoms with Crippen LogP contribution >= 0.6 is 0 Å². The Bertz CT molecular complexity index is 1060. The van der Waals surface area contributed by atoms with E-state index in [4.69, 9.17) is 4.74 Å². The van der Waals surface area contributed by atoms with Gasteiger partial charge in [0.1, 0.15) is 11.6 Å². The van der Waals surface area contributed by atoms with Crippen molar-refractivity contribution < 1.29 is 17.9 Å². The van der Waals surface area contributed by atoms with Crippen LogP contribution in [0.3, 0.4) is 0 Å². The normalized spacial score (nSPS) is 17.9. The standard InChI is InChI=1S/C20H21F3N8O/c21-20(22,23)19-26-16(25-17-9-15(28-29-17)14-3-1-2-4-24-14)10-18(27-19)31-7-5-30(6-8-31)13-11-32-12-13/h1-4,9-10,13H,5-8,11-12H2,(H2,25,26,27,28,29). The minimum atomic E-state index is -4.66. The third-order valence-electron chi connectivity index (χ3n) is 5.52. The van der Waals surface area contributed by atoms with Gasteiger partial charge in [-0.3, -0.25) is 15.0 Å². The second-order valence-electron chi connectivity index (χ2n) is 7.65. The van der Waals surface area contributed by atoms with E-state index in [-0.39, 0.29) is 11.6 Å². The first-order valence-corrected chi connectivity index (χ1v) is 10.2. The summed E-state index contributed by atoms with van der Waals surface area (Å²) >= 11 is 0. The summed E-state index contributed by atoms with van der Waals surface area (Å²) in [6.45, 7) is 4.07. The average molecular weight is 446 g/mol. The van der Waals surface area contributed by atoms with Gasteiger partial charge in [0.15, 0.2) is 5.82 Å². The topological polar surface area (TPSA) is 95.1 Å². The Labute approximate surface area is 181 Å². The zero-order valence-electron chi connectivity index (χ0n) is 17.0. The lowest BCUT2D eigenvalue weighted by Gasteiger charge is -2.42. The number of rotatable bonds is 5. The van der Waals surface area contributed by atoms with E-state index in [1.807, 2.05) is 11.0 Å². The molecule has 0 unspecified atom stereocenters. The molecule has 2 N–H and O–H groups in total. The van der Waals surface area contributed by atoms with Gasteiger partial charge in [0.25, 0.3) is 0 Å². The van der Waals surface area contributed by atoms with Crippen LogP contribution in [0.2, 0.25) is 0 Å². The second-order valence-corrected chi connectivity index (χ2v) is 7.65. The molecule has 2 fully saturated rings. The van der Waals surface area contributed by atoms with E-state index in [1.165, 1.54) is 6.07 Å². The summed E-state index contributed by atoms with van der Waals surface area (Å²) < 4.78 is 45.7. The third kappa shape index (κ3) is 4.36. The van der Waals surface area contributed by atoms with Crippen molar-refractivity contribution >= 4 is 17.5 Å². The number of hydrogen-bond donors (Lipinski definition) is 2. The predicted octanol–water partition coefficient (Wildman–Crippen LogP) is 2.54. The van der Waals surface area contributed by atoms with Crippen LogP contribution in [0, 0.1) is 0 Å². The molecule has 168 valence electrons. The molecule has 5 heterocycles. The highest BCUT2D eigenvalue weighted by atomic mass is 19.4. The number of nitrogens with one attached hydrogen (secondary N) is 2. The van der Waals surface area contributed by atoms with E-state index >= 15 is 0 Å². The number of nitrogens with zero attached hydrogens (tertiary/aromatic N) is 6. The number of ether oxygens (including phenoxy) is 1. The van der Waals surface area contributed by atoms with Crippen LogP contribution in [0.5, 0.6) is 0 Å². The maximum atomic E-state index is 13.5. The quantitative estimate of drug-likeness (QED) is 0.618. The molecule has 32 heavy (non-hydrogen) atoms. The van der Waals surface area contributed by atoms with Gasteiger partial charge in [-0.2, -0.15) is 18.3 Å². The zero-order chi connectivity index (χ0) is 22.1. The van der Waals surface area contributed by atoms with E-state index in [1.54, 1.807) is 24.4 Å². The highest BCUT2D eigenvalue weighted by Crippen LogP contribution is 2.31. The largest absolute Gasteiger partial charge is 0.451 e. The fraction of sp³-hybridized carbons (Fsp3) is 0.400. The van der Waals surface area contributed by atoms with Gasteiger partial charge in [0, 0.05) is 44.5 Å². The minimum absolute atomic E-state index is 0.0243. The maximum absolute atomic E-state index is 13.5. The van der Waals surface area contributed by atoms with Crippen molar-refractivity contribution in [1.29, 1.82) is 0 Å². The molecule has 0 aromatic carbocycles. The monoisotopic (exact) mass is 446 g/mol. The Morgan fingerprint density at radius 1 is 1.03 bits per heavy atom. The van der Waals surface area contributed by atoms with Crippen molar-refractivity contribution in [3.05, 3.63) is 42.4 Å². The van der Waals surface area contributed by atoms with Gasteiger partial charge in [-0.15, -0.1) is 0 Å². The van der Waals surface area contributed by atoms with Gasteiger partial charge in [0.05, 0.1) is 30.6 Å². The van der Waals surface area contributed by atoms with E-state index < -0.39 is 12.0 Å². The van der Waals surface area contributed by atoms with Crippen LogP contribution in [0.1, 0.15) is 5.82 Å². The molecule has 0 radical (unpaired) electrons. The molecule has 3 aromatic rings. The van der Waals surface area contributed by atoms with Crippen LogP contribution in [0.4, 0.5) is 30.6 Å². The molecule has 9 nitrogen and oxygen atoms in total. The number of anilines is 3. The molecule has 5 rings (SSSR count). The first kappa shape index (κ1) is 20.6. The van der Waals surface area contributed by atoms with Gasteiger partial charge in [-0.1, -0.05) is 6.07 Å². The lowest BCUT2D eigenvalue weighted by atomic mass is 10.2. The Morgan fingerprint density at radius 2 is 1.84 bits per heavy atom. The van der Waals surface area contributed by atoms with Crippen LogP contribution < -0.4 is 10.2 Å². The Kier molecular flexibility index (Phi) is 5.39. The number of pyridine rings is 1. The third-order valence-corrected chi connectivity index (χ3v) is 5.52. The maximum Gasteiger partial charge on any atom is 0.451 e. The summed E-state index contributed by atoms with van der Waals surface area (Å²) in [4.78, 5) is 15.8. The second kappa shape index (κ2) is 8.36. The summed E-state index contributed by atoms with van der Waals surface area (Å²) in [5.41, 5.74) is 1.30. The summed E-state index contributed by atoms with van der Waals surface area (Å²) in [5, 5.41) is 9.80. The summed E-state index contributed by atoms with van der Waals surface area (Å²) in [6.07, 6.45) is -3.02. The van der Waals surface area contributed by atoms with Crippen LogP contribution in [0.25, 0.3) is 11.4 Å². The van der Waals surface area contributed by atoms with E-state index in [0.29, 0.717) is 49.6 Å².